The zero-order valence-corrected chi connectivity index (χ0v) is 11.0. The van der Waals surface area contributed by atoms with Crippen molar-refractivity contribution in [1.82, 2.24) is 5.32 Å². The topological polar surface area (TPSA) is 12.0 Å². The molecule has 0 aliphatic carbocycles. The fourth-order valence-electron chi connectivity index (χ4n) is 1.99. The van der Waals surface area contributed by atoms with E-state index < -0.39 is 0 Å². The Morgan fingerprint density at radius 1 is 1.00 bits per heavy atom. The largest absolute Gasteiger partial charge is 0.316 e. The molecule has 1 heteroatoms. The first-order valence-electron chi connectivity index (χ1n) is 6.04. The summed E-state index contributed by atoms with van der Waals surface area (Å²) in [6, 6.07) is 0. The standard InChI is InChI=1S/C13H29N/c1-11(2)7-8-14-10-13(5,6)9-12(3)4/h11-12,14H,7-10H2,1-6H3. The van der Waals surface area contributed by atoms with E-state index in [2.05, 4.69) is 46.9 Å². The molecule has 0 radical (unpaired) electrons. The van der Waals surface area contributed by atoms with Gasteiger partial charge in [0.05, 0.1) is 0 Å². The lowest BCUT2D eigenvalue weighted by Gasteiger charge is -2.27. The van der Waals surface area contributed by atoms with Crippen LogP contribution >= 0.6 is 0 Å². The van der Waals surface area contributed by atoms with Crippen molar-refractivity contribution in [3.63, 3.8) is 0 Å². The fourth-order valence-corrected chi connectivity index (χ4v) is 1.99. The van der Waals surface area contributed by atoms with Crippen LogP contribution in [0.2, 0.25) is 0 Å². The van der Waals surface area contributed by atoms with Gasteiger partial charge in [-0.05, 0) is 36.6 Å². The van der Waals surface area contributed by atoms with Gasteiger partial charge in [0, 0.05) is 6.54 Å². The summed E-state index contributed by atoms with van der Waals surface area (Å²) in [6.07, 6.45) is 2.60. The molecule has 14 heavy (non-hydrogen) atoms. The summed E-state index contributed by atoms with van der Waals surface area (Å²) in [5, 5.41) is 3.56. The lowest BCUT2D eigenvalue weighted by molar-refractivity contribution is 0.271. The Morgan fingerprint density at radius 3 is 2.00 bits per heavy atom. The van der Waals surface area contributed by atoms with Crippen molar-refractivity contribution in [2.24, 2.45) is 17.3 Å². The third kappa shape index (κ3) is 8.55. The van der Waals surface area contributed by atoms with Gasteiger partial charge in [-0.2, -0.15) is 0 Å². The Kier molecular flexibility index (Phi) is 6.43. The second kappa shape index (κ2) is 6.44. The molecule has 1 N–H and O–H groups in total. The van der Waals surface area contributed by atoms with Gasteiger partial charge < -0.3 is 5.32 Å². The van der Waals surface area contributed by atoms with E-state index in [-0.39, 0.29) is 0 Å². The summed E-state index contributed by atoms with van der Waals surface area (Å²) in [7, 11) is 0. The van der Waals surface area contributed by atoms with E-state index in [0.29, 0.717) is 5.41 Å². The maximum Gasteiger partial charge on any atom is 0.000262 e. The smallest absolute Gasteiger partial charge is 0.000262 e. The van der Waals surface area contributed by atoms with Crippen LogP contribution in [0.1, 0.15) is 54.4 Å². The highest BCUT2D eigenvalue weighted by Crippen LogP contribution is 2.23. The third-order valence-electron chi connectivity index (χ3n) is 2.46. The SMILES string of the molecule is CC(C)CCNCC(C)(C)CC(C)C. The fraction of sp³-hybridized carbons (Fsp3) is 1.00. The minimum absolute atomic E-state index is 0.450. The first-order chi connectivity index (χ1) is 6.33. The molecule has 0 aromatic carbocycles. The average molecular weight is 199 g/mol. The van der Waals surface area contributed by atoms with Crippen molar-refractivity contribution < 1.29 is 0 Å². The van der Waals surface area contributed by atoms with Crippen LogP contribution in [0.25, 0.3) is 0 Å². The highest BCUT2D eigenvalue weighted by Gasteiger charge is 2.18. The van der Waals surface area contributed by atoms with Crippen LogP contribution in [-0.2, 0) is 0 Å². The van der Waals surface area contributed by atoms with Gasteiger partial charge in [-0.3, -0.25) is 0 Å². The molecule has 0 spiro atoms. The van der Waals surface area contributed by atoms with Crippen molar-refractivity contribution in [3.05, 3.63) is 0 Å². The van der Waals surface area contributed by atoms with Crippen LogP contribution < -0.4 is 5.32 Å². The first-order valence-corrected chi connectivity index (χ1v) is 6.04. The summed E-state index contributed by atoms with van der Waals surface area (Å²) >= 11 is 0. The molecular formula is C13H29N. The Bertz CT molecular complexity index is 136. The molecule has 0 aromatic rings. The Balaban J connectivity index is 3.55. The van der Waals surface area contributed by atoms with Crippen LogP contribution in [0.15, 0.2) is 0 Å². The normalized spacial score (nSPS) is 12.9. The predicted octanol–water partition coefficient (Wildman–Crippen LogP) is 3.69. The summed E-state index contributed by atoms with van der Waals surface area (Å²) < 4.78 is 0. The molecule has 0 bridgehead atoms. The van der Waals surface area contributed by atoms with Gasteiger partial charge in [-0.15, -0.1) is 0 Å². The average Bonchev–Trinajstić information content (AvgIpc) is 1.95. The summed E-state index contributed by atoms with van der Waals surface area (Å²) in [4.78, 5) is 0. The Morgan fingerprint density at radius 2 is 1.57 bits per heavy atom. The minimum Gasteiger partial charge on any atom is -0.316 e. The number of nitrogens with one attached hydrogen (secondary N) is 1. The van der Waals surface area contributed by atoms with E-state index in [1.807, 2.05) is 0 Å². The van der Waals surface area contributed by atoms with E-state index in [9.17, 15) is 0 Å². The zero-order valence-electron chi connectivity index (χ0n) is 11.0. The molecule has 0 unspecified atom stereocenters. The zero-order chi connectivity index (χ0) is 11.2. The van der Waals surface area contributed by atoms with Gasteiger partial charge in [-0.1, -0.05) is 41.5 Å². The molecule has 0 heterocycles. The van der Waals surface area contributed by atoms with Crippen molar-refractivity contribution in [1.29, 1.82) is 0 Å². The molecule has 86 valence electrons. The quantitative estimate of drug-likeness (QED) is 0.617. The van der Waals surface area contributed by atoms with Crippen LogP contribution in [-0.4, -0.2) is 13.1 Å². The Hall–Kier alpha value is -0.0400. The molecule has 0 fully saturated rings. The summed E-state index contributed by atoms with van der Waals surface area (Å²) in [5.41, 5.74) is 0.450. The molecule has 0 amide bonds. The molecule has 0 aliphatic rings. The van der Waals surface area contributed by atoms with Crippen LogP contribution in [0.5, 0.6) is 0 Å². The molecule has 0 aromatic heterocycles. The van der Waals surface area contributed by atoms with Crippen LogP contribution in [0.3, 0.4) is 0 Å². The van der Waals surface area contributed by atoms with Gasteiger partial charge in [0.25, 0.3) is 0 Å². The summed E-state index contributed by atoms with van der Waals surface area (Å²) in [5.74, 6) is 1.62. The third-order valence-corrected chi connectivity index (χ3v) is 2.46. The maximum atomic E-state index is 3.56. The minimum atomic E-state index is 0.450. The van der Waals surface area contributed by atoms with E-state index in [0.717, 1.165) is 18.4 Å². The predicted molar refractivity (Wildman–Crippen MR) is 65.6 cm³/mol. The molecule has 0 aliphatic heterocycles. The van der Waals surface area contributed by atoms with Crippen molar-refractivity contribution in [2.75, 3.05) is 13.1 Å². The molecular weight excluding hydrogens is 170 g/mol. The van der Waals surface area contributed by atoms with Gasteiger partial charge in [0.15, 0.2) is 0 Å². The molecule has 0 saturated carbocycles. The van der Waals surface area contributed by atoms with E-state index in [4.69, 9.17) is 0 Å². The van der Waals surface area contributed by atoms with Crippen LogP contribution in [0, 0.1) is 17.3 Å². The second-order valence-corrected chi connectivity index (χ2v) is 6.12. The van der Waals surface area contributed by atoms with Gasteiger partial charge in [0.2, 0.25) is 0 Å². The molecule has 0 rings (SSSR count). The lowest BCUT2D eigenvalue weighted by Crippen LogP contribution is -2.31. The second-order valence-electron chi connectivity index (χ2n) is 6.12. The highest BCUT2D eigenvalue weighted by atomic mass is 14.9. The van der Waals surface area contributed by atoms with E-state index in [1.54, 1.807) is 0 Å². The van der Waals surface area contributed by atoms with Crippen molar-refractivity contribution >= 4 is 0 Å². The molecule has 1 nitrogen and oxygen atoms in total. The molecule has 0 saturated heterocycles. The number of hydrogen-bond donors (Lipinski definition) is 1. The van der Waals surface area contributed by atoms with E-state index in [1.165, 1.54) is 19.4 Å². The summed E-state index contributed by atoms with van der Waals surface area (Å²) in [6.45, 7) is 16.2. The lowest BCUT2D eigenvalue weighted by atomic mass is 9.84. The number of rotatable bonds is 7. The Labute approximate surface area is 90.7 Å². The van der Waals surface area contributed by atoms with Gasteiger partial charge >= 0.3 is 0 Å². The first kappa shape index (κ1) is 14.0. The van der Waals surface area contributed by atoms with E-state index >= 15 is 0 Å². The van der Waals surface area contributed by atoms with Gasteiger partial charge in [-0.25, -0.2) is 0 Å². The maximum absolute atomic E-state index is 3.56. The van der Waals surface area contributed by atoms with Gasteiger partial charge in [0.1, 0.15) is 0 Å². The molecule has 0 atom stereocenters. The van der Waals surface area contributed by atoms with Crippen molar-refractivity contribution in [2.45, 2.75) is 54.4 Å². The highest BCUT2D eigenvalue weighted by molar-refractivity contribution is 4.73. The monoisotopic (exact) mass is 199 g/mol. The van der Waals surface area contributed by atoms with Crippen molar-refractivity contribution in [3.8, 4) is 0 Å². The number of hydrogen-bond acceptors (Lipinski definition) is 1. The van der Waals surface area contributed by atoms with Crippen LogP contribution in [0.4, 0.5) is 0 Å².